The van der Waals surface area contributed by atoms with Crippen LogP contribution in [0.4, 0.5) is 5.69 Å². The molecule has 0 radical (unpaired) electrons. The van der Waals surface area contributed by atoms with Crippen molar-refractivity contribution in [1.82, 2.24) is 16.0 Å². The van der Waals surface area contributed by atoms with Crippen LogP contribution in [0.1, 0.15) is 43.8 Å². The third-order valence-electron chi connectivity index (χ3n) is 3.62. The molecule has 0 bridgehead atoms. The third kappa shape index (κ3) is 9.29. The summed E-state index contributed by atoms with van der Waals surface area (Å²) in [6.07, 6.45) is 1.46. The number of carbonyl (C=O) groups excluding carboxylic acids is 2. The van der Waals surface area contributed by atoms with Crippen LogP contribution >= 0.6 is 24.0 Å². The molecule has 0 spiro atoms. The van der Waals surface area contributed by atoms with Gasteiger partial charge in [-0.05, 0) is 57.5 Å². The van der Waals surface area contributed by atoms with Crippen molar-refractivity contribution in [2.75, 3.05) is 18.4 Å². The van der Waals surface area contributed by atoms with Crippen molar-refractivity contribution in [2.24, 2.45) is 4.99 Å². The van der Waals surface area contributed by atoms with E-state index >= 15 is 0 Å². The molecule has 0 atom stereocenters. The average Bonchev–Trinajstić information content (AvgIpc) is 3.18. The van der Waals surface area contributed by atoms with Gasteiger partial charge in [-0.3, -0.25) is 9.59 Å². The minimum Gasteiger partial charge on any atom is -0.459 e. The first-order valence-corrected chi connectivity index (χ1v) is 9.54. The first-order chi connectivity index (χ1) is 13.8. The molecule has 2 amide bonds. The van der Waals surface area contributed by atoms with E-state index < -0.39 is 0 Å². The van der Waals surface area contributed by atoms with Crippen molar-refractivity contribution in [1.29, 1.82) is 0 Å². The molecule has 30 heavy (non-hydrogen) atoms. The van der Waals surface area contributed by atoms with E-state index in [1.807, 2.05) is 45.9 Å². The molecule has 0 unspecified atom stereocenters. The van der Waals surface area contributed by atoms with Crippen LogP contribution < -0.4 is 21.3 Å². The fourth-order valence-electron chi connectivity index (χ4n) is 2.49. The molecule has 8 nitrogen and oxygen atoms in total. The van der Waals surface area contributed by atoms with Crippen LogP contribution in [-0.2, 0) is 11.3 Å². The molecule has 9 heteroatoms. The number of rotatable bonds is 7. The molecule has 0 aliphatic heterocycles. The molecule has 2 aromatic rings. The highest BCUT2D eigenvalue weighted by Crippen LogP contribution is 2.13. The molecular weight excluding hydrogens is 497 g/mol. The second-order valence-corrected chi connectivity index (χ2v) is 7.48. The second-order valence-electron chi connectivity index (χ2n) is 7.48. The average molecular weight is 527 g/mol. The molecule has 2 rings (SSSR count). The standard InChI is InChI=1S/C21H29N5O3.HI/c1-5-22-20(24-14-18(27)26-21(2,3)4)23-13-15-8-6-9-16(12-15)25-19(28)17-10-7-11-29-17;/h6-12H,5,13-14H2,1-4H3,(H,25,28)(H,26,27)(H2,22,23,24);1H. The van der Waals surface area contributed by atoms with Gasteiger partial charge in [0.1, 0.15) is 0 Å². The Bertz CT molecular complexity index is 845. The van der Waals surface area contributed by atoms with Gasteiger partial charge in [-0.25, -0.2) is 4.99 Å². The topological polar surface area (TPSA) is 108 Å². The molecule has 0 aliphatic rings. The largest absolute Gasteiger partial charge is 0.459 e. The van der Waals surface area contributed by atoms with Gasteiger partial charge in [0.2, 0.25) is 5.91 Å². The van der Waals surface area contributed by atoms with Crippen molar-refractivity contribution in [3.63, 3.8) is 0 Å². The van der Waals surface area contributed by atoms with Crippen molar-refractivity contribution >= 4 is 47.4 Å². The van der Waals surface area contributed by atoms with Crippen LogP contribution in [0.15, 0.2) is 52.1 Å². The number of benzene rings is 1. The smallest absolute Gasteiger partial charge is 0.291 e. The van der Waals surface area contributed by atoms with E-state index in [4.69, 9.17) is 4.42 Å². The molecular formula is C21H30IN5O3. The number of nitrogens with one attached hydrogen (secondary N) is 4. The van der Waals surface area contributed by atoms with Gasteiger partial charge in [-0.2, -0.15) is 0 Å². The highest BCUT2D eigenvalue weighted by atomic mass is 127. The Morgan fingerprint density at radius 2 is 1.87 bits per heavy atom. The number of carbonyl (C=O) groups is 2. The molecule has 0 saturated carbocycles. The molecule has 0 saturated heterocycles. The van der Waals surface area contributed by atoms with Crippen molar-refractivity contribution in [2.45, 2.75) is 39.8 Å². The summed E-state index contributed by atoms with van der Waals surface area (Å²) < 4.78 is 5.10. The van der Waals surface area contributed by atoms with Gasteiger partial charge in [-0.1, -0.05) is 12.1 Å². The number of aliphatic imine (C=N–C) groups is 1. The zero-order chi connectivity index (χ0) is 21.3. The Labute approximate surface area is 194 Å². The Hall–Kier alpha value is -2.56. The quantitative estimate of drug-likeness (QED) is 0.252. The number of amides is 2. The van der Waals surface area contributed by atoms with E-state index in [0.29, 0.717) is 24.7 Å². The molecule has 164 valence electrons. The van der Waals surface area contributed by atoms with E-state index in [2.05, 4.69) is 26.3 Å². The van der Waals surface area contributed by atoms with Gasteiger partial charge in [0.25, 0.3) is 5.91 Å². The summed E-state index contributed by atoms with van der Waals surface area (Å²) in [6.45, 7) is 8.94. The van der Waals surface area contributed by atoms with Crippen molar-refractivity contribution in [3.05, 3.63) is 54.0 Å². The number of nitrogens with zero attached hydrogens (tertiary/aromatic N) is 1. The normalized spacial score (nSPS) is 11.3. The third-order valence-corrected chi connectivity index (χ3v) is 3.62. The highest BCUT2D eigenvalue weighted by Gasteiger charge is 2.13. The van der Waals surface area contributed by atoms with Crippen molar-refractivity contribution in [3.8, 4) is 0 Å². The number of guanidine groups is 1. The van der Waals surface area contributed by atoms with E-state index in [1.54, 1.807) is 18.2 Å². The Balaban J connectivity index is 0.00000450. The van der Waals surface area contributed by atoms with Crippen LogP contribution in [0.3, 0.4) is 0 Å². The predicted octanol–water partition coefficient (Wildman–Crippen LogP) is 3.12. The summed E-state index contributed by atoms with van der Waals surface area (Å²) in [5.41, 5.74) is 1.29. The van der Waals surface area contributed by atoms with Crippen LogP contribution in [0.2, 0.25) is 0 Å². The fourth-order valence-corrected chi connectivity index (χ4v) is 2.49. The summed E-state index contributed by atoms with van der Waals surface area (Å²) in [7, 11) is 0. The molecule has 1 aromatic carbocycles. The summed E-state index contributed by atoms with van der Waals surface area (Å²) in [6, 6.07) is 10.7. The van der Waals surface area contributed by atoms with Crippen LogP contribution in [0, 0.1) is 0 Å². The monoisotopic (exact) mass is 527 g/mol. The summed E-state index contributed by atoms with van der Waals surface area (Å²) in [4.78, 5) is 28.6. The van der Waals surface area contributed by atoms with Crippen molar-refractivity contribution < 1.29 is 14.0 Å². The minimum atomic E-state index is -0.310. The lowest BCUT2D eigenvalue weighted by atomic mass is 10.1. The van der Waals surface area contributed by atoms with Gasteiger partial charge in [-0.15, -0.1) is 24.0 Å². The van der Waals surface area contributed by atoms with Gasteiger partial charge >= 0.3 is 0 Å². The zero-order valence-electron chi connectivity index (χ0n) is 17.7. The van der Waals surface area contributed by atoms with E-state index in [1.165, 1.54) is 6.26 Å². The molecule has 0 fully saturated rings. The SMILES string of the molecule is CCNC(=NCc1cccc(NC(=O)c2ccco2)c1)NCC(=O)NC(C)(C)C.I. The predicted molar refractivity (Wildman–Crippen MR) is 129 cm³/mol. The molecule has 1 aromatic heterocycles. The lowest BCUT2D eigenvalue weighted by Crippen LogP contribution is -2.48. The minimum absolute atomic E-state index is 0. The highest BCUT2D eigenvalue weighted by molar-refractivity contribution is 14.0. The Kier molecular flexibility index (Phi) is 10.4. The maximum absolute atomic E-state index is 12.1. The van der Waals surface area contributed by atoms with Gasteiger partial charge in [0.15, 0.2) is 11.7 Å². The molecule has 1 heterocycles. The van der Waals surface area contributed by atoms with E-state index in [9.17, 15) is 9.59 Å². The van der Waals surface area contributed by atoms with Crippen LogP contribution in [0.5, 0.6) is 0 Å². The number of hydrogen-bond acceptors (Lipinski definition) is 4. The second kappa shape index (κ2) is 12.2. The van der Waals surface area contributed by atoms with Crippen LogP contribution in [-0.4, -0.2) is 36.4 Å². The van der Waals surface area contributed by atoms with Gasteiger partial charge in [0.05, 0.1) is 19.4 Å². The summed E-state index contributed by atoms with van der Waals surface area (Å²) in [5.74, 6) is 0.378. The molecule has 4 N–H and O–H groups in total. The van der Waals surface area contributed by atoms with E-state index in [-0.39, 0.29) is 53.6 Å². The number of anilines is 1. The number of furan rings is 1. The lowest BCUT2D eigenvalue weighted by Gasteiger charge is -2.21. The maximum Gasteiger partial charge on any atom is 0.291 e. The van der Waals surface area contributed by atoms with Gasteiger partial charge in [0, 0.05) is 17.8 Å². The number of hydrogen-bond donors (Lipinski definition) is 4. The van der Waals surface area contributed by atoms with Crippen LogP contribution in [0.25, 0.3) is 0 Å². The lowest BCUT2D eigenvalue weighted by molar-refractivity contribution is -0.121. The molecule has 0 aliphatic carbocycles. The maximum atomic E-state index is 12.1. The van der Waals surface area contributed by atoms with Gasteiger partial charge < -0.3 is 25.7 Å². The fraction of sp³-hybridized carbons (Fsp3) is 0.381. The van der Waals surface area contributed by atoms with E-state index in [0.717, 1.165) is 5.56 Å². The Morgan fingerprint density at radius 1 is 1.10 bits per heavy atom. The first kappa shape index (κ1) is 25.5. The summed E-state index contributed by atoms with van der Waals surface area (Å²) in [5, 5.41) is 11.8. The summed E-state index contributed by atoms with van der Waals surface area (Å²) >= 11 is 0. The number of halogens is 1. The Morgan fingerprint density at radius 3 is 2.50 bits per heavy atom. The first-order valence-electron chi connectivity index (χ1n) is 9.54. The zero-order valence-corrected chi connectivity index (χ0v) is 20.1.